The lowest BCUT2D eigenvalue weighted by Gasteiger charge is -2.23. The third-order valence-electron chi connectivity index (χ3n) is 5.66. The Kier molecular flexibility index (Phi) is 4.56. The van der Waals surface area contributed by atoms with E-state index in [9.17, 15) is 9.90 Å². The van der Waals surface area contributed by atoms with Crippen molar-refractivity contribution in [3.8, 4) is 11.5 Å². The molecule has 5 nitrogen and oxygen atoms in total. The summed E-state index contributed by atoms with van der Waals surface area (Å²) in [5, 5.41) is 10.8. The van der Waals surface area contributed by atoms with Crippen LogP contribution >= 0.6 is 0 Å². The minimum absolute atomic E-state index is 0.177. The Bertz CT molecular complexity index is 886. The van der Waals surface area contributed by atoms with Gasteiger partial charge in [0.2, 0.25) is 0 Å². The van der Waals surface area contributed by atoms with E-state index in [2.05, 4.69) is 0 Å². The number of fused-ring (bicyclic) bond motifs is 1. The summed E-state index contributed by atoms with van der Waals surface area (Å²) in [5.41, 5.74) is 3.91. The number of aliphatic hydroxyl groups is 1. The lowest BCUT2D eigenvalue weighted by atomic mass is 10.0. The van der Waals surface area contributed by atoms with Crippen LogP contribution in [0, 0.1) is 13.8 Å². The van der Waals surface area contributed by atoms with E-state index >= 15 is 0 Å². The highest BCUT2D eigenvalue weighted by molar-refractivity contribution is 6.11. The number of anilines is 1. The predicted molar refractivity (Wildman–Crippen MR) is 104 cm³/mol. The van der Waals surface area contributed by atoms with Gasteiger partial charge in [0.05, 0.1) is 18.9 Å². The van der Waals surface area contributed by atoms with Crippen LogP contribution in [0.5, 0.6) is 11.5 Å². The van der Waals surface area contributed by atoms with Gasteiger partial charge < -0.3 is 14.6 Å². The lowest BCUT2D eigenvalue weighted by Crippen LogP contribution is -2.27. The Morgan fingerprint density at radius 1 is 1.04 bits per heavy atom. The van der Waals surface area contributed by atoms with Gasteiger partial charge in [-0.1, -0.05) is 6.07 Å². The van der Waals surface area contributed by atoms with Crippen LogP contribution in [0.3, 0.4) is 0 Å². The van der Waals surface area contributed by atoms with Crippen LogP contribution < -0.4 is 14.4 Å². The highest BCUT2D eigenvalue weighted by Gasteiger charge is 2.37. The Morgan fingerprint density at radius 3 is 2.44 bits per heavy atom. The summed E-state index contributed by atoms with van der Waals surface area (Å²) in [6, 6.07) is 9.12. The molecule has 1 aliphatic heterocycles. The molecule has 142 valence electrons. The molecule has 0 radical (unpaired) electrons. The number of ether oxygens (including phenoxy) is 2. The number of rotatable bonds is 4. The van der Waals surface area contributed by atoms with Crippen molar-refractivity contribution in [2.75, 3.05) is 12.0 Å². The van der Waals surface area contributed by atoms with Crippen LogP contribution in [0.25, 0.3) is 0 Å². The number of amides is 1. The fourth-order valence-corrected chi connectivity index (χ4v) is 3.97. The minimum Gasteiger partial charge on any atom is -0.493 e. The number of nitrogens with zero attached hydrogens (tertiary/aromatic N) is 1. The van der Waals surface area contributed by atoms with E-state index in [-0.39, 0.29) is 12.0 Å². The zero-order chi connectivity index (χ0) is 19.1. The van der Waals surface area contributed by atoms with Gasteiger partial charge in [-0.3, -0.25) is 9.69 Å². The molecule has 1 fully saturated rings. The first-order chi connectivity index (χ1) is 13.0. The second-order valence-corrected chi connectivity index (χ2v) is 7.43. The molecule has 2 aromatic carbocycles. The number of hydrogen-bond acceptors (Lipinski definition) is 4. The average Bonchev–Trinajstić information content (AvgIpc) is 3.24. The van der Waals surface area contributed by atoms with Crippen molar-refractivity contribution in [3.05, 3.63) is 52.6 Å². The smallest absolute Gasteiger partial charge is 0.261 e. The second kappa shape index (κ2) is 6.89. The van der Waals surface area contributed by atoms with Crippen molar-refractivity contribution < 1.29 is 19.4 Å². The Balaban J connectivity index is 1.69. The summed E-state index contributed by atoms with van der Waals surface area (Å²) < 4.78 is 11.6. The SMILES string of the molecule is COc1ccc(N2C(=O)c3cc(C)c(C)cc3C2O)cc1OC1CCCC1. The van der Waals surface area contributed by atoms with Gasteiger partial charge in [-0.2, -0.15) is 0 Å². The fourth-order valence-electron chi connectivity index (χ4n) is 3.97. The Morgan fingerprint density at radius 2 is 1.74 bits per heavy atom. The monoisotopic (exact) mass is 367 g/mol. The van der Waals surface area contributed by atoms with E-state index < -0.39 is 6.23 Å². The highest BCUT2D eigenvalue weighted by Crippen LogP contribution is 2.41. The summed E-state index contributed by atoms with van der Waals surface area (Å²) in [5.74, 6) is 1.05. The van der Waals surface area contributed by atoms with Crippen LogP contribution in [0.4, 0.5) is 5.69 Å². The lowest BCUT2D eigenvalue weighted by molar-refractivity contribution is 0.0935. The van der Waals surface area contributed by atoms with E-state index in [4.69, 9.17) is 9.47 Å². The fraction of sp³-hybridized carbons (Fsp3) is 0.409. The number of aryl methyl sites for hydroxylation is 2. The van der Waals surface area contributed by atoms with Gasteiger partial charge in [0.1, 0.15) is 0 Å². The zero-order valence-electron chi connectivity index (χ0n) is 16.0. The van der Waals surface area contributed by atoms with Crippen LogP contribution in [0.2, 0.25) is 0 Å². The summed E-state index contributed by atoms with van der Waals surface area (Å²) >= 11 is 0. The van der Waals surface area contributed by atoms with Crippen LogP contribution in [0.15, 0.2) is 30.3 Å². The third kappa shape index (κ3) is 3.06. The van der Waals surface area contributed by atoms with E-state index in [0.717, 1.165) is 24.0 Å². The third-order valence-corrected chi connectivity index (χ3v) is 5.66. The van der Waals surface area contributed by atoms with Crippen molar-refractivity contribution in [2.45, 2.75) is 51.9 Å². The van der Waals surface area contributed by atoms with Gasteiger partial charge in [-0.25, -0.2) is 0 Å². The van der Waals surface area contributed by atoms with Gasteiger partial charge in [-0.15, -0.1) is 0 Å². The molecule has 0 bridgehead atoms. The molecule has 2 aromatic rings. The van der Waals surface area contributed by atoms with Crippen LogP contribution in [-0.2, 0) is 0 Å². The molecule has 5 heteroatoms. The number of methoxy groups -OCH3 is 1. The maximum absolute atomic E-state index is 13.0. The standard InChI is InChI=1S/C22H25NO4/c1-13-10-17-18(11-14(13)2)22(25)23(21(17)24)15-8-9-19(26-3)20(12-15)27-16-6-4-5-7-16/h8-12,16,21,24H,4-7H2,1-3H3. The normalized spacial score (nSPS) is 19.5. The van der Waals surface area contributed by atoms with Crippen molar-refractivity contribution >= 4 is 11.6 Å². The molecule has 2 aliphatic rings. The summed E-state index contributed by atoms with van der Waals surface area (Å²) in [6.45, 7) is 3.95. The maximum Gasteiger partial charge on any atom is 0.261 e. The Labute approximate surface area is 159 Å². The van der Waals surface area contributed by atoms with Crippen molar-refractivity contribution in [1.29, 1.82) is 0 Å². The molecule has 0 aromatic heterocycles. The molecular formula is C22H25NO4. The predicted octanol–water partition coefficient (Wildman–Crippen LogP) is 4.28. The molecule has 0 spiro atoms. The molecule has 1 saturated carbocycles. The maximum atomic E-state index is 13.0. The van der Waals surface area contributed by atoms with Gasteiger partial charge in [-0.05, 0) is 68.9 Å². The van der Waals surface area contributed by atoms with E-state index in [1.54, 1.807) is 25.3 Å². The highest BCUT2D eigenvalue weighted by atomic mass is 16.5. The number of hydrogen-bond donors (Lipinski definition) is 1. The molecule has 1 atom stereocenters. The van der Waals surface area contributed by atoms with E-state index in [1.165, 1.54) is 17.7 Å². The number of aliphatic hydroxyl groups excluding tert-OH is 1. The van der Waals surface area contributed by atoms with Crippen molar-refractivity contribution in [3.63, 3.8) is 0 Å². The summed E-state index contributed by atoms with van der Waals surface area (Å²) in [7, 11) is 1.60. The zero-order valence-corrected chi connectivity index (χ0v) is 16.0. The first kappa shape index (κ1) is 17.9. The van der Waals surface area contributed by atoms with Gasteiger partial charge in [0.15, 0.2) is 17.7 Å². The summed E-state index contributed by atoms with van der Waals surface area (Å²) in [6.07, 6.45) is 3.58. The molecule has 1 aliphatic carbocycles. The topological polar surface area (TPSA) is 59.0 Å². The average molecular weight is 367 g/mol. The number of carbonyl (C=O) groups excluding carboxylic acids is 1. The second-order valence-electron chi connectivity index (χ2n) is 7.43. The summed E-state index contributed by atoms with van der Waals surface area (Å²) in [4.78, 5) is 14.4. The molecule has 1 N–H and O–H groups in total. The molecule has 0 saturated heterocycles. The van der Waals surface area contributed by atoms with Crippen molar-refractivity contribution in [1.82, 2.24) is 0 Å². The first-order valence-corrected chi connectivity index (χ1v) is 9.47. The minimum atomic E-state index is -1.00. The van der Waals surface area contributed by atoms with Crippen LogP contribution in [0.1, 0.15) is 59.0 Å². The largest absolute Gasteiger partial charge is 0.493 e. The van der Waals surface area contributed by atoms with Crippen LogP contribution in [-0.4, -0.2) is 24.2 Å². The molecule has 1 heterocycles. The van der Waals surface area contributed by atoms with E-state index in [0.29, 0.717) is 28.3 Å². The van der Waals surface area contributed by atoms with Crippen molar-refractivity contribution in [2.24, 2.45) is 0 Å². The van der Waals surface area contributed by atoms with E-state index in [1.807, 2.05) is 26.0 Å². The molecule has 4 rings (SSSR count). The number of benzene rings is 2. The number of carbonyl (C=O) groups is 1. The van der Waals surface area contributed by atoms with Gasteiger partial charge in [0.25, 0.3) is 5.91 Å². The molecule has 27 heavy (non-hydrogen) atoms. The molecule has 1 amide bonds. The first-order valence-electron chi connectivity index (χ1n) is 9.47. The van der Waals surface area contributed by atoms with Gasteiger partial charge in [0, 0.05) is 17.2 Å². The van der Waals surface area contributed by atoms with Gasteiger partial charge >= 0.3 is 0 Å². The molecular weight excluding hydrogens is 342 g/mol. The molecule has 1 unspecified atom stereocenters. The quantitative estimate of drug-likeness (QED) is 0.876. The Hall–Kier alpha value is -2.53.